The van der Waals surface area contributed by atoms with Crippen LogP contribution in [0.25, 0.3) is 0 Å². The number of benzene rings is 2. The number of unbranched alkanes of at least 4 members (excludes halogenated alkanes) is 11. The number of azo groups is 1. The summed E-state index contributed by atoms with van der Waals surface area (Å²) in [5, 5.41) is 8.47. The minimum atomic E-state index is -0.395. The first-order valence-electron chi connectivity index (χ1n) is 13.2. The van der Waals surface area contributed by atoms with Gasteiger partial charge in [-0.05, 0) is 55.0 Å². The largest absolute Gasteiger partial charge is 0.494 e. The van der Waals surface area contributed by atoms with E-state index in [0.29, 0.717) is 11.3 Å². The monoisotopic (exact) mass is 500 g/mol. The maximum Gasteiger partial charge on any atom is 0.338 e. The third-order valence-electron chi connectivity index (χ3n) is 5.80. The Morgan fingerprint density at radius 2 is 1.17 bits per heavy atom. The number of rotatable bonds is 19. The SMILES string of the molecule is CCCCCCCCCCCCCCOc1ccc(N=Nc2ccc(C(=O)OCCCl)cc2)cc1. The Labute approximate surface area is 216 Å². The van der Waals surface area contributed by atoms with Crippen molar-refractivity contribution >= 4 is 28.9 Å². The minimum Gasteiger partial charge on any atom is -0.494 e. The quantitative estimate of drug-likeness (QED) is 0.0834. The van der Waals surface area contributed by atoms with Crippen molar-refractivity contribution in [2.75, 3.05) is 19.1 Å². The van der Waals surface area contributed by atoms with Gasteiger partial charge >= 0.3 is 5.97 Å². The van der Waals surface area contributed by atoms with Crippen molar-refractivity contribution in [2.24, 2.45) is 10.2 Å². The first-order valence-corrected chi connectivity index (χ1v) is 13.7. The highest BCUT2D eigenvalue weighted by Gasteiger charge is 2.06. The van der Waals surface area contributed by atoms with Gasteiger partial charge in [0.1, 0.15) is 12.4 Å². The van der Waals surface area contributed by atoms with Crippen LogP contribution in [-0.4, -0.2) is 25.1 Å². The van der Waals surface area contributed by atoms with E-state index in [9.17, 15) is 4.79 Å². The highest BCUT2D eigenvalue weighted by atomic mass is 35.5. The minimum absolute atomic E-state index is 0.195. The van der Waals surface area contributed by atoms with Crippen LogP contribution in [0, 0.1) is 0 Å². The summed E-state index contributed by atoms with van der Waals surface area (Å²) in [6, 6.07) is 14.4. The molecule has 6 heteroatoms. The van der Waals surface area contributed by atoms with Gasteiger partial charge in [0, 0.05) is 0 Å². The topological polar surface area (TPSA) is 60.2 Å². The number of alkyl halides is 1. The molecule has 2 aromatic rings. The third kappa shape index (κ3) is 13.3. The molecule has 192 valence electrons. The lowest BCUT2D eigenvalue weighted by Gasteiger charge is -2.06. The Morgan fingerprint density at radius 1 is 0.686 bits per heavy atom. The van der Waals surface area contributed by atoms with Gasteiger partial charge in [0.25, 0.3) is 0 Å². The third-order valence-corrected chi connectivity index (χ3v) is 5.95. The maximum atomic E-state index is 11.8. The molecule has 2 aromatic carbocycles. The number of hydrogen-bond donors (Lipinski definition) is 0. The van der Waals surface area contributed by atoms with Crippen LogP contribution in [0.4, 0.5) is 11.4 Å². The molecule has 0 atom stereocenters. The molecule has 0 N–H and O–H groups in total. The van der Waals surface area contributed by atoms with Crippen LogP contribution < -0.4 is 4.74 Å². The summed E-state index contributed by atoms with van der Waals surface area (Å²) in [4.78, 5) is 11.8. The van der Waals surface area contributed by atoms with Gasteiger partial charge in [0.05, 0.1) is 29.4 Å². The Hall–Kier alpha value is -2.40. The second-order valence-corrected chi connectivity index (χ2v) is 9.18. The van der Waals surface area contributed by atoms with Crippen LogP contribution in [-0.2, 0) is 4.74 Å². The molecule has 0 saturated carbocycles. The number of hydrogen-bond acceptors (Lipinski definition) is 5. The normalized spacial score (nSPS) is 11.1. The van der Waals surface area contributed by atoms with E-state index in [1.165, 1.54) is 70.6 Å². The number of esters is 1. The number of halogens is 1. The van der Waals surface area contributed by atoms with E-state index >= 15 is 0 Å². The van der Waals surface area contributed by atoms with E-state index in [1.807, 2.05) is 24.3 Å². The van der Waals surface area contributed by atoms with Gasteiger partial charge in [-0.3, -0.25) is 0 Å². The standard InChI is InChI=1S/C29H41ClN2O3/c1-2-3-4-5-6-7-8-9-10-11-12-13-23-34-28-20-18-27(19-21-28)32-31-26-16-14-25(15-17-26)29(33)35-24-22-30/h14-21H,2-13,22-24H2,1H3. The number of carbonyl (C=O) groups excluding carboxylic acids is 1. The zero-order valence-corrected chi connectivity index (χ0v) is 22.0. The second kappa shape index (κ2) is 18.9. The number of carbonyl (C=O) groups is 1. The lowest BCUT2D eigenvalue weighted by Crippen LogP contribution is -2.06. The first kappa shape index (κ1) is 28.8. The average molecular weight is 501 g/mol. The second-order valence-electron chi connectivity index (χ2n) is 8.80. The molecule has 0 bridgehead atoms. The summed E-state index contributed by atoms with van der Waals surface area (Å²) in [5.74, 6) is 0.737. The molecule has 0 aromatic heterocycles. The summed E-state index contributed by atoms with van der Waals surface area (Å²) in [5.41, 5.74) is 1.86. The van der Waals surface area contributed by atoms with Crippen LogP contribution in [0.1, 0.15) is 94.3 Å². The van der Waals surface area contributed by atoms with Crippen molar-refractivity contribution in [1.29, 1.82) is 0 Å². The molecule has 0 spiro atoms. The molecular weight excluding hydrogens is 460 g/mol. The lowest BCUT2D eigenvalue weighted by molar-refractivity contribution is 0.0529. The van der Waals surface area contributed by atoms with Crippen molar-refractivity contribution in [1.82, 2.24) is 0 Å². The molecule has 0 radical (unpaired) electrons. The molecule has 0 fully saturated rings. The Balaban J connectivity index is 1.56. The smallest absolute Gasteiger partial charge is 0.338 e. The van der Waals surface area contributed by atoms with Crippen LogP contribution in [0.3, 0.4) is 0 Å². The van der Waals surface area contributed by atoms with Crippen LogP contribution in [0.5, 0.6) is 5.75 Å². The fourth-order valence-corrected chi connectivity index (χ4v) is 3.81. The zero-order chi connectivity index (χ0) is 25.0. The van der Waals surface area contributed by atoms with E-state index in [2.05, 4.69) is 17.2 Å². The van der Waals surface area contributed by atoms with E-state index in [1.54, 1.807) is 24.3 Å². The fraction of sp³-hybridized carbons (Fsp3) is 0.552. The van der Waals surface area contributed by atoms with Crippen LogP contribution in [0.2, 0.25) is 0 Å². The number of ether oxygens (including phenoxy) is 2. The zero-order valence-electron chi connectivity index (χ0n) is 21.2. The van der Waals surface area contributed by atoms with Gasteiger partial charge in [-0.25, -0.2) is 4.79 Å². The molecule has 0 aliphatic carbocycles. The van der Waals surface area contributed by atoms with E-state index in [0.717, 1.165) is 24.5 Å². The molecule has 0 aliphatic heterocycles. The highest BCUT2D eigenvalue weighted by molar-refractivity contribution is 6.18. The Morgan fingerprint density at radius 3 is 1.69 bits per heavy atom. The highest BCUT2D eigenvalue weighted by Crippen LogP contribution is 2.22. The summed E-state index contributed by atoms with van der Waals surface area (Å²) in [6.45, 7) is 3.21. The maximum absolute atomic E-state index is 11.8. The molecule has 0 heterocycles. The predicted molar refractivity (Wildman–Crippen MR) is 145 cm³/mol. The summed E-state index contributed by atoms with van der Waals surface area (Å²) in [7, 11) is 0. The predicted octanol–water partition coefficient (Wildman–Crippen LogP) is 9.58. The molecule has 0 amide bonds. The Kier molecular flexibility index (Phi) is 15.5. The summed E-state index contributed by atoms with van der Waals surface area (Å²) < 4.78 is 10.9. The van der Waals surface area contributed by atoms with E-state index in [-0.39, 0.29) is 12.5 Å². The molecule has 0 aliphatic rings. The van der Waals surface area contributed by atoms with Crippen molar-refractivity contribution in [3.8, 4) is 5.75 Å². The molecule has 2 rings (SSSR count). The molecule has 0 saturated heterocycles. The molecule has 0 unspecified atom stereocenters. The van der Waals surface area contributed by atoms with Crippen molar-refractivity contribution in [3.05, 3.63) is 54.1 Å². The van der Waals surface area contributed by atoms with Gasteiger partial charge in [-0.2, -0.15) is 10.2 Å². The molecule has 35 heavy (non-hydrogen) atoms. The van der Waals surface area contributed by atoms with Gasteiger partial charge < -0.3 is 9.47 Å². The van der Waals surface area contributed by atoms with Crippen LogP contribution >= 0.6 is 11.6 Å². The average Bonchev–Trinajstić information content (AvgIpc) is 2.89. The fourth-order valence-electron chi connectivity index (χ4n) is 3.74. The van der Waals surface area contributed by atoms with E-state index < -0.39 is 5.97 Å². The number of nitrogens with zero attached hydrogens (tertiary/aromatic N) is 2. The first-order chi connectivity index (χ1) is 17.2. The summed E-state index contributed by atoms with van der Waals surface area (Å²) >= 11 is 5.53. The lowest BCUT2D eigenvalue weighted by atomic mass is 10.1. The summed E-state index contributed by atoms with van der Waals surface area (Å²) in [6.07, 6.45) is 16.1. The van der Waals surface area contributed by atoms with Gasteiger partial charge in [0.2, 0.25) is 0 Å². The van der Waals surface area contributed by atoms with Gasteiger partial charge in [0.15, 0.2) is 0 Å². The van der Waals surface area contributed by atoms with Crippen molar-refractivity contribution in [3.63, 3.8) is 0 Å². The van der Waals surface area contributed by atoms with Crippen molar-refractivity contribution in [2.45, 2.75) is 84.0 Å². The van der Waals surface area contributed by atoms with Crippen LogP contribution in [0.15, 0.2) is 58.8 Å². The van der Waals surface area contributed by atoms with E-state index in [4.69, 9.17) is 21.1 Å². The van der Waals surface area contributed by atoms with Crippen molar-refractivity contribution < 1.29 is 14.3 Å². The van der Waals surface area contributed by atoms with Gasteiger partial charge in [-0.1, -0.05) is 77.6 Å². The molecule has 5 nitrogen and oxygen atoms in total. The molecular formula is C29H41ClN2O3. The Bertz CT molecular complexity index is 838. The van der Waals surface area contributed by atoms with Gasteiger partial charge in [-0.15, -0.1) is 11.6 Å².